The summed E-state index contributed by atoms with van der Waals surface area (Å²) in [5.41, 5.74) is 0.583. The Hall–Kier alpha value is -1.44. The summed E-state index contributed by atoms with van der Waals surface area (Å²) in [7, 11) is -3.21. The zero-order valence-electron chi connectivity index (χ0n) is 11.3. The van der Waals surface area contributed by atoms with Crippen LogP contribution in [-0.4, -0.2) is 46.4 Å². The highest BCUT2D eigenvalue weighted by Gasteiger charge is 2.17. The van der Waals surface area contributed by atoms with Crippen LogP contribution in [0.25, 0.3) is 0 Å². The Labute approximate surface area is 118 Å². The van der Waals surface area contributed by atoms with Crippen LogP contribution in [-0.2, 0) is 19.4 Å². The molecule has 6 nitrogen and oxygen atoms in total. The summed E-state index contributed by atoms with van der Waals surface area (Å²) in [6, 6.07) is 6.15. The molecule has 1 aliphatic rings. The molecule has 1 heterocycles. The Morgan fingerprint density at radius 2 is 2.10 bits per heavy atom. The molecule has 0 bridgehead atoms. The number of ether oxygens (including phenoxy) is 1. The van der Waals surface area contributed by atoms with Crippen LogP contribution < -0.4 is 10.6 Å². The Bertz CT molecular complexity index is 563. The van der Waals surface area contributed by atoms with E-state index in [9.17, 15) is 13.2 Å². The largest absolute Gasteiger partial charge is 0.378 e. The van der Waals surface area contributed by atoms with E-state index in [4.69, 9.17) is 4.74 Å². The number of rotatable bonds is 4. The van der Waals surface area contributed by atoms with E-state index in [-0.39, 0.29) is 16.8 Å². The first-order valence-electron chi connectivity index (χ1n) is 6.36. The van der Waals surface area contributed by atoms with E-state index in [0.717, 1.165) is 12.8 Å². The smallest absolute Gasteiger partial charge is 0.226 e. The average molecular weight is 298 g/mol. The summed E-state index contributed by atoms with van der Waals surface area (Å²) >= 11 is 0. The Morgan fingerprint density at radius 3 is 2.65 bits per heavy atom. The molecule has 0 spiro atoms. The molecule has 1 aromatic rings. The van der Waals surface area contributed by atoms with Crippen LogP contribution in [0.2, 0.25) is 0 Å². The first-order chi connectivity index (χ1) is 9.45. The molecule has 2 rings (SSSR count). The minimum absolute atomic E-state index is 0.0269. The highest BCUT2D eigenvalue weighted by atomic mass is 32.2. The van der Waals surface area contributed by atoms with E-state index >= 15 is 0 Å². The van der Waals surface area contributed by atoms with Crippen molar-refractivity contribution in [2.45, 2.75) is 17.4 Å². The van der Waals surface area contributed by atoms with Crippen LogP contribution in [0.5, 0.6) is 0 Å². The number of nitrogens with one attached hydrogen (secondary N) is 2. The number of morpholine rings is 1. The van der Waals surface area contributed by atoms with Crippen molar-refractivity contribution in [1.29, 1.82) is 0 Å². The van der Waals surface area contributed by atoms with Crippen LogP contribution in [0.3, 0.4) is 0 Å². The van der Waals surface area contributed by atoms with Gasteiger partial charge >= 0.3 is 0 Å². The molecule has 0 saturated carbocycles. The fourth-order valence-corrected chi connectivity index (χ4v) is 2.60. The lowest BCUT2D eigenvalue weighted by molar-refractivity contribution is -0.117. The van der Waals surface area contributed by atoms with Gasteiger partial charge in [-0.3, -0.25) is 4.79 Å². The number of sulfone groups is 1. The first-order valence-corrected chi connectivity index (χ1v) is 8.25. The van der Waals surface area contributed by atoms with Gasteiger partial charge in [-0.1, -0.05) is 0 Å². The molecule has 0 radical (unpaired) electrons. The van der Waals surface area contributed by atoms with Gasteiger partial charge < -0.3 is 15.4 Å². The molecule has 110 valence electrons. The Morgan fingerprint density at radius 1 is 1.40 bits per heavy atom. The lowest BCUT2D eigenvalue weighted by atomic mass is 10.2. The zero-order valence-corrected chi connectivity index (χ0v) is 12.1. The van der Waals surface area contributed by atoms with Crippen LogP contribution in [0.1, 0.15) is 6.42 Å². The quantitative estimate of drug-likeness (QED) is 0.841. The summed E-state index contributed by atoms with van der Waals surface area (Å²) in [6.45, 7) is 1.95. The number of anilines is 1. The van der Waals surface area contributed by atoms with Gasteiger partial charge in [0, 0.05) is 31.0 Å². The fraction of sp³-hybridized carbons (Fsp3) is 0.462. The summed E-state index contributed by atoms with van der Waals surface area (Å²) in [6.07, 6.45) is 1.48. The van der Waals surface area contributed by atoms with Crippen molar-refractivity contribution in [3.8, 4) is 0 Å². The molecule has 1 aromatic carbocycles. The molecule has 1 fully saturated rings. The van der Waals surface area contributed by atoms with Gasteiger partial charge in [-0.15, -0.1) is 0 Å². The number of benzene rings is 1. The summed E-state index contributed by atoms with van der Waals surface area (Å²) in [5, 5.41) is 5.94. The maximum Gasteiger partial charge on any atom is 0.226 e. The molecule has 20 heavy (non-hydrogen) atoms. The predicted molar refractivity (Wildman–Crippen MR) is 75.4 cm³/mol. The second kappa shape index (κ2) is 6.34. The SMILES string of the molecule is CS(=O)(=O)c1ccc(NC(=O)CC2COCCN2)cc1. The highest BCUT2D eigenvalue weighted by molar-refractivity contribution is 7.90. The molecular formula is C13H18N2O4S. The standard InChI is InChI=1S/C13H18N2O4S/c1-20(17,18)12-4-2-10(3-5-12)15-13(16)8-11-9-19-7-6-14-11/h2-5,11,14H,6-9H2,1H3,(H,15,16). The molecule has 0 aromatic heterocycles. The average Bonchev–Trinajstić information content (AvgIpc) is 2.39. The minimum atomic E-state index is -3.21. The van der Waals surface area contributed by atoms with E-state index in [0.29, 0.717) is 25.3 Å². The van der Waals surface area contributed by atoms with Crippen molar-refractivity contribution in [3.63, 3.8) is 0 Å². The van der Waals surface area contributed by atoms with Gasteiger partial charge in [0.2, 0.25) is 5.91 Å². The lowest BCUT2D eigenvalue weighted by Crippen LogP contribution is -2.43. The second-order valence-corrected chi connectivity index (χ2v) is 6.79. The molecule has 0 aliphatic carbocycles. The lowest BCUT2D eigenvalue weighted by Gasteiger charge is -2.23. The van der Waals surface area contributed by atoms with Gasteiger partial charge in [-0.05, 0) is 24.3 Å². The molecule has 7 heteroatoms. The highest BCUT2D eigenvalue weighted by Crippen LogP contribution is 2.14. The van der Waals surface area contributed by atoms with Gasteiger partial charge in [0.1, 0.15) is 0 Å². The number of carbonyl (C=O) groups is 1. The van der Waals surface area contributed by atoms with Crippen molar-refractivity contribution < 1.29 is 17.9 Å². The Kier molecular flexibility index (Phi) is 4.74. The van der Waals surface area contributed by atoms with E-state index in [1.165, 1.54) is 12.1 Å². The predicted octanol–water partition coefficient (Wildman–Crippen LogP) is 0.407. The third-order valence-electron chi connectivity index (χ3n) is 3.00. The summed E-state index contributed by atoms with van der Waals surface area (Å²) in [5.74, 6) is -0.125. The van der Waals surface area contributed by atoms with Gasteiger partial charge in [-0.25, -0.2) is 8.42 Å². The summed E-state index contributed by atoms with van der Waals surface area (Å²) in [4.78, 5) is 12.1. The van der Waals surface area contributed by atoms with Crippen LogP contribution in [0.15, 0.2) is 29.2 Å². The van der Waals surface area contributed by atoms with E-state index in [1.807, 2.05) is 0 Å². The van der Waals surface area contributed by atoms with Crippen molar-refractivity contribution >= 4 is 21.4 Å². The van der Waals surface area contributed by atoms with E-state index < -0.39 is 9.84 Å². The van der Waals surface area contributed by atoms with Gasteiger partial charge in [0.05, 0.1) is 18.1 Å². The number of carbonyl (C=O) groups excluding carboxylic acids is 1. The summed E-state index contributed by atoms with van der Waals surface area (Å²) < 4.78 is 27.9. The van der Waals surface area contributed by atoms with Gasteiger partial charge in [-0.2, -0.15) is 0 Å². The third kappa shape index (κ3) is 4.29. The third-order valence-corrected chi connectivity index (χ3v) is 4.12. The minimum Gasteiger partial charge on any atom is -0.378 e. The van der Waals surface area contributed by atoms with Crippen LogP contribution in [0, 0.1) is 0 Å². The monoisotopic (exact) mass is 298 g/mol. The maximum absolute atomic E-state index is 11.8. The van der Waals surface area contributed by atoms with Crippen molar-refractivity contribution in [2.24, 2.45) is 0 Å². The molecule has 1 unspecified atom stereocenters. The number of hydrogen-bond acceptors (Lipinski definition) is 5. The second-order valence-electron chi connectivity index (χ2n) is 4.77. The number of hydrogen-bond donors (Lipinski definition) is 2. The molecule has 1 aliphatic heterocycles. The molecule has 2 N–H and O–H groups in total. The van der Waals surface area contributed by atoms with Gasteiger partial charge in [0.25, 0.3) is 0 Å². The van der Waals surface area contributed by atoms with Crippen molar-refractivity contribution in [2.75, 3.05) is 31.3 Å². The normalized spacial score (nSPS) is 19.6. The van der Waals surface area contributed by atoms with E-state index in [2.05, 4.69) is 10.6 Å². The van der Waals surface area contributed by atoms with Crippen LogP contribution in [0.4, 0.5) is 5.69 Å². The van der Waals surface area contributed by atoms with Gasteiger partial charge in [0.15, 0.2) is 9.84 Å². The maximum atomic E-state index is 11.8. The van der Waals surface area contributed by atoms with Crippen molar-refractivity contribution in [3.05, 3.63) is 24.3 Å². The topological polar surface area (TPSA) is 84.5 Å². The van der Waals surface area contributed by atoms with E-state index in [1.54, 1.807) is 12.1 Å². The molecule has 1 saturated heterocycles. The Balaban J connectivity index is 1.91. The van der Waals surface area contributed by atoms with Crippen molar-refractivity contribution in [1.82, 2.24) is 5.32 Å². The zero-order chi connectivity index (χ0) is 14.6. The van der Waals surface area contributed by atoms with Crippen LogP contribution >= 0.6 is 0 Å². The first kappa shape index (κ1) is 15.0. The number of amides is 1. The fourth-order valence-electron chi connectivity index (χ4n) is 1.97. The molecule has 1 atom stereocenters. The molecular weight excluding hydrogens is 280 g/mol. The molecule has 1 amide bonds.